The fourth-order valence-corrected chi connectivity index (χ4v) is 2.58. The summed E-state index contributed by atoms with van der Waals surface area (Å²) in [5.41, 5.74) is 8.26. The van der Waals surface area contributed by atoms with E-state index in [-0.39, 0.29) is 5.56 Å². The van der Waals surface area contributed by atoms with E-state index in [1.165, 1.54) is 18.1 Å². The number of anilines is 1. The largest absolute Gasteiger partial charge is 0.398 e. The number of rotatable bonds is 3. The normalized spacial score (nSPS) is 10.9. The van der Waals surface area contributed by atoms with Crippen molar-refractivity contribution in [1.82, 2.24) is 19.9 Å². The van der Waals surface area contributed by atoms with Gasteiger partial charge in [-0.2, -0.15) is 0 Å². The molecule has 0 saturated carbocycles. The Labute approximate surface area is 112 Å². The Kier molecular flexibility index (Phi) is 2.96. The molecule has 7 heteroatoms. The Hall–Kier alpha value is -2.28. The molecule has 0 aliphatic heterocycles. The lowest BCUT2D eigenvalue weighted by Crippen LogP contribution is -2.05. The molecule has 0 atom stereocenters. The summed E-state index contributed by atoms with van der Waals surface area (Å²) in [6, 6.07) is 7.67. The standard InChI is InChI=1S/C12H11N5OS/c13-8-4-2-1-3-7(8)5-19-12-16-9-10(17-12)14-6-15-11(9)18/h1-4,6H,5,13H2,(H2,14,15,16,17,18). The van der Waals surface area contributed by atoms with Crippen LogP contribution in [-0.4, -0.2) is 19.9 Å². The molecule has 0 bridgehead atoms. The number of aromatic nitrogens is 4. The zero-order valence-electron chi connectivity index (χ0n) is 9.88. The minimum Gasteiger partial charge on any atom is -0.398 e. The first-order chi connectivity index (χ1) is 9.24. The minimum atomic E-state index is -0.219. The van der Waals surface area contributed by atoms with Crippen molar-refractivity contribution in [3.05, 3.63) is 46.5 Å². The number of nitrogen functional groups attached to an aromatic ring is 1. The molecule has 2 heterocycles. The number of aromatic amines is 2. The summed E-state index contributed by atoms with van der Waals surface area (Å²) in [5.74, 6) is 0.685. The van der Waals surface area contributed by atoms with Crippen molar-refractivity contribution < 1.29 is 0 Å². The fourth-order valence-electron chi connectivity index (χ4n) is 1.70. The number of nitrogens with zero attached hydrogens (tertiary/aromatic N) is 2. The summed E-state index contributed by atoms with van der Waals surface area (Å²) in [6.45, 7) is 0. The fraction of sp³-hybridized carbons (Fsp3) is 0.0833. The quantitative estimate of drug-likeness (QED) is 0.496. The number of fused-ring (bicyclic) bond motifs is 1. The maximum absolute atomic E-state index is 11.5. The maximum Gasteiger partial charge on any atom is 0.276 e. The molecule has 0 aliphatic carbocycles. The molecule has 0 amide bonds. The molecule has 0 spiro atoms. The van der Waals surface area contributed by atoms with E-state index in [2.05, 4.69) is 19.9 Å². The molecule has 0 radical (unpaired) electrons. The molecule has 4 N–H and O–H groups in total. The molecule has 3 aromatic rings. The Morgan fingerprint density at radius 1 is 1.32 bits per heavy atom. The van der Waals surface area contributed by atoms with Gasteiger partial charge in [0.15, 0.2) is 16.3 Å². The lowest BCUT2D eigenvalue weighted by atomic mass is 10.2. The highest BCUT2D eigenvalue weighted by Gasteiger charge is 2.08. The summed E-state index contributed by atoms with van der Waals surface area (Å²) < 4.78 is 0. The van der Waals surface area contributed by atoms with Gasteiger partial charge in [-0.1, -0.05) is 30.0 Å². The van der Waals surface area contributed by atoms with Gasteiger partial charge in [0, 0.05) is 11.4 Å². The van der Waals surface area contributed by atoms with Gasteiger partial charge in [-0.3, -0.25) is 4.79 Å². The topological polar surface area (TPSA) is 100 Å². The number of thioether (sulfide) groups is 1. The number of nitrogens with one attached hydrogen (secondary N) is 2. The van der Waals surface area contributed by atoms with Crippen LogP contribution in [0, 0.1) is 0 Å². The number of para-hydroxylation sites is 1. The molecule has 96 valence electrons. The van der Waals surface area contributed by atoms with E-state index < -0.39 is 0 Å². The highest BCUT2D eigenvalue weighted by molar-refractivity contribution is 7.98. The van der Waals surface area contributed by atoms with Crippen LogP contribution in [0.5, 0.6) is 0 Å². The maximum atomic E-state index is 11.5. The van der Waals surface area contributed by atoms with E-state index in [0.29, 0.717) is 22.1 Å². The lowest BCUT2D eigenvalue weighted by molar-refractivity contribution is 1.07. The predicted molar refractivity (Wildman–Crippen MR) is 74.9 cm³/mol. The predicted octanol–water partition coefficient (Wildman–Crippen LogP) is 1.52. The summed E-state index contributed by atoms with van der Waals surface area (Å²) in [5, 5.41) is 0.655. The average Bonchev–Trinajstić information content (AvgIpc) is 2.82. The van der Waals surface area contributed by atoms with Gasteiger partial charge < -0.3 is 15.7 Å². The molecule has 1 aromatic carbocycles. The molecule has 0 saturated heterocycles. The van der Waals surface area contributed by atoms with Crippen LogP contribution in [0.2, 0.25) is 0 Å². The molecule has 0 fully saturated rings. The Morgan fingerprint density at radius 3 is 2.95 bits per heavy atom. The first-order valence-corrected chi connectivity index (χ1v) is 6.62. The molecule has 19 heavy (non-hydrogen) atoms. The number of hydrogen-bond donors (Lipinski definition) is 3. The van der Waals surface area contributed by atoms with E-state index in [1.54, 1.807) is 0 Å². The van der Waals surface area contributed by atoms with Crippen LogP contribution in [0.3, 0.4) is 0 Å². The van der Waals surface area contributed by atoms with Crippen LogP contribution in [0.25, 0.3) is 11.2 Å². The van der Waals surface area contributed by atoms with Crippen LogP contribution >= 0.6 is 11.8 Å². The average molecular weight is 273 g/mol. The zero-order chi connectivity index (χ0) is 13.2. The van der Waals surface area contributed by atoms with E-state index in [1.807, 2.05) is 24.3 Å². The van der Waals surface area contributed by atoms with E-state index in [4.69, 9.17) is 5.73 Å². The Morgan fingerprint density at radius 2 is 2.16 bits per heavy atom. The van der Waals surface area contributed by atoms with E-state index in [9.17, 15) is 4.79 Å². The van der Waals surface area contributed by atoms with Gasteiger partial charge in [0.05, 0.1) is 6.33 Å². The Bertz CT molecular complexity index is 779. The second-order valence-electron chi connectivity index (χ2n) is 3.96. The SMILES string of the molecule is Nc1ccccc1CSc1nc2nc[nH]c(=O)c2[nH]1. The second-order valence-corrected chi connectivity index (χ2v) is 4.92. The van der Waals surface area contributed by atoms with Crippen molar-refractivity contribution in [3.63, 3.8) is 0 Å². The smallest absolute Gasteiger partial charge is 0.276 e. The van der Waals surface area contributed by atoms with Gasteiger partial charge in [-0.25, -0.2) is 9.97 Å². The van der Waals surface area contributed by atoms with E-state index in [0.717, 1.165) is 11.3 Å². The first kappa shape index (κ1) is 11.8. The van der Waals surface area contributed by atoms with Crippen molar-refractivity contribution >= 4 is 28.6 Å². The van der Waals surface area contributed by atoms with E-state index >= 15 is 0 Å². The molecular formula is C12H11N5OS. The van der Waals surface area contributed by atoms with Gasteiger partial charge >= 0.3 is 0 Å². The number of hydrogen-bond acceptors (Lipinski definition) is 5. The van der Waals surface area contributed by atoms with Crippen LogP contribution in [-0.2, 0) is 5.75 Å². The molecule has 3 rings (SSSR count). The van der Waals surface area contributed by atoms with Crippen LogP contribution in [0.4, 0.5) is 5.69 Å². The van der Waals surface area contributed by atoms with Gasteiger partial charge in [0.25, 0.3) is 5.56 Å². The van der Waals surface area contributed by atoms with Crippen molar-refractivity contribution in [2.75, 3.05) is 5.73 Å². The summed E-state index contributed by atoms with van der Waals surface area (Å²) in [7, 11) is 0. The zero-order valence-corrected chi connectivity index (χ0v) is 10.7. The van der Waals surface area contributed by atoms with Crippen molar-refractivity contribution in [2.24, 2.45) is 0 Å². The molecule has 6 nitrogen and oxygen atoms in total. The minimum absolute atomic E-state index is 0.219. The van der Waals surface area contributed by atoms with Crippen LogP contribution in [0.1, 0.15) is 5.56 Å². The molecular weight excluding hydrogens is 262 g/mol. The molecule has 0 unspecified atom stereocenters. The third-order valence-electron chi connectivity index (χ3n) is 2.69. The second kappa shape index (κ2) is 4.77. The number of H-pyrrole nitrogens is 2. The van der Waals surface area contributed by atoms with Crippen molar-refractivity contribution in [2.45, 2.75) is 10.9 Å². The number of benzene rings is 1. The summed E-state index contributed by atoms with van der Waals surface area (Å²) >= 11 is 1.48. The molecule has 0 aliphatic rings. The Balaban J connectivity index is 1.85. The van der Waals surface area contributed by atoms with Gasteiger partial charge in [0.2, 0.25) is 0 Å². The third kappa shape index (κ3) is 2.32. The van der Waals surface area contributed by atoms with Crippen molar-refractivity contribution in [3.8, 4) is 0 Å². The van der Waals surface area contributed by atoms with Crippen molar-refractivity contribution in [1.29, 1.82) is 0 Å². The third-order valence-corrected chi connectivity index (χ3v) is 3.61. The van der Waals surface area contributed by atoms with Crippen LogP contribution < -0.4 is 11.3 Å². The first-order valence-electron chi connectivity index (χ1n) is 5.63. The van der Waals surface area contributed by atoms with Gasteiger partial charge in [-0.15, -0.1) is 0 Å². The van der Waals surface area contributed by atoms with Gasteiger partial charge in [0.1, 0.15) is 0 Å². The van der Waals surface area contributed by atoms with Gasteiger partial charge in [-0.05, 0) is 11.6 Å². The monoisotopic (exact) mass is 273 g/mol. The molecule has 2 aromatic heterocycles. The van der Waals surface area contributed by atoms with Crippen LogP contribution in [0.15, 0.2) is 40.5 Å². The summed E-state index contributed by atoms with van der Waals surface area (Å²) in [6.07, 6.45) is 1.34. The number of imidazole rings is 1. The highest BCUT2D eigenvalue weighted by Crippen LogP contribution is 2.23. The summed E-state index contributed by atoms with van der Waals surface area (Å²) in [4.78, 5) is 25.2. The number of nitrogens with two attached hydrogens (primary N) is 1. The lowest BCUT2D eigenvalue weighted by Gasteiger charge is -2.02. The highest BCUT2D eigenvalue weighted by atomic mass is 32.2.